The van der Waals surface area contributed by atoms with Gasteiger partial charge in [0, 0.05) is 23.7 Å². The number of thiazole rings is 1. The largest absolute Gasteiger partial charge is 0.382 e. The molecule has 6 nitrogen and oxygen atoms in total. The van der Waals surface area contributed by atoms with Crippen molar-refractivity contribution in [2.75, 3.05) is 29.9 Å². The van der Waals surface area contributed by atoms with Gasteiger partial charge in [-0.3, -0.25) is 9.59 Å². The van der Waals surface area contributed by atoms with E-state index < -0.39 is 0 Å². The second-order valence-electron chi connectivity index (χ2n) is 6.67. The van der Waals surface area contributed by atoms with E-state index in [1.54, 1.807) is 23.1 Å². The lowest BCUT2D eigenvalue weighted by atomic mass is 10.1. The normalized spacial score (nSPS) is 10.8. The zero-order chi connectivity index (χ0) is 23.3. The minimum Gasteiger partial charge on any atom is -0.382 e. The average Bonchev–Trinajstić information content (AvgIpc) is 3.13. The second kappa shape index (κ2) is 11.0. The summed E-state index contributed by atoms with van der Waals surface area (Å²) in [6, 6.07) is 12.5. The smallest absolute Gasteiger partial charge is 0.232 e. The Kier molecular flexibility index (Phi) is 8.42. The summed E-state index contributed by atoms with van der Waals surface area (Å²) in [5.74, 6) is 0.205. The average molecular weight is 509 g/mol. The fourth-order valence-corrected chi connectivity index (χ4v) is 5.25. The monoisotopic (exact) mass is 508 g/mol. The molecular formula is C22H22Cl2N4O2S2. The van der Waals surface area contributed by atoms with E-state index in [4.69, 9.17) is 28.9 Å². The Morgan fingerprint density at radius 1 is 1.12 bits per heavy atom. The predicted octanol–water partition coefficient (Wildman–Crippen LogP) is 5.97. The molecule has 1 heterocycles. The Labute approximate surface area is 205 Å². The van der Waals surface area contributed by atoms with Crippen LogP contribution in [0.2, 0.25) is 10.0 Å². The van der Waals surface area contributed by atoms with Crippen molar-refractivity contribution in [3.05, 3.63) is 63.0 Å². The maximum absolute atomic E-state index is 12.9. The van der Waals surface area contributed by atoms with Crippen LogP contribution in [0.4, 0.5) is 16.6 Å². The lowest BCUT2D eigenvalue weighted by Crippen LogP contribution is -2.31. The number of carbonyl (C=O) groups excluding carboxylic acids is 2. The summed E-state index contributed by atoms with van der Waals surface area (Å²) >= 11 is 14.9. The number of nitrogens with two attached hydrogens (primary N) is 1. The van der Waals surface area contributed by atoms with Crippen LogP contribution in [0.3, 0.4) is 0 Å². The summed E-state index contributed by atoms with van der Waals surface area (Å²) in [5.41, 5.74) is 6.98. The third-order valence-corrected chi connectivity index (χ3v) is 7.21. The molecule has 0 spiro atoms. The summed E-state index contributed by atoms with van der Waals surface area (Å²) in [5, 5.41) is 4.16. The first-order chi connectivity index (χ1) is 15.3. The number of aromatic nitrogens is 1. The van der Waals surface area contributed by atoms with Crippen molar-refractivity contribution in [2.24, 2.45) is 0 Å². The van der Waals surface area contributed by atoms with E-state index >= 15 is 0 Å². The molecular weight excluding hydrogens is 487 g/mol. The predicted molar refractivity (Wildman–Crippen MR) is 135 cm³/mol. The summed E-state index contributed by atoms with van der Waals surface area (Å²) in [6.07, 6.45) is 0. The van der Waals surface area contributed by atoms with E-state index in [9.17, 15) is 9.59 Å². The lowest BCUT2D eigenvalue weighted by molar-refractivity contribution is -0.127. The van der Waals surface area contributed by atoms with Crippen molar-refractivity contribution < 1.29 is 9.59 Å². The Morgan fingerprint density at radius 3 is 2.44 bits per heavy atom. The molecule has 0 unspecified atom stereocenters. The number of thioether (sulfide) groups is 1. The Balaban J connectivity index is 1.73. The highest BCUT2D eigenvalue weighted by Gasteiger charge is 2.22. The Hall–Kier alpha value is -2.26. The van der Waals surface area contributed by atoms with Gasteiger partial charge in [0.25, 0.3) is 0 Å². The SMILES string of the molecule is CCN(CC)C(=O)CSc1cccc(Nc2nc(N)c(C(=O)c3c(Cl)cccc3Cl)s2)c1. The molecule has 10 heteroatoms. The Morgan fingerprint density at radius 2 is 1.78 bits per heavy atom. The van der Waals surface area contributed by atoms with E-state index in [1.807, 2.05) is 38.1 Å². The Bertz CT molecular complexity index is 1110. The van der Waals surface area contributed by atoms with Gasteiger partial charge in [0.2, 0.25) is 11.7 Å². The van der Waals surface area contributed by atoms with Crippen molar-refractivity contribution in [1.82, 2.24) is 9.88 Å². The molecule has 2 aromatic carbocycles. The van der Waals surface area contributed by atoms with Crippen LogP contribution in [0.5, 0.6) is 0 Å². The number of carbonyl (C=O) groups is 2. The third-order valence-electron chi connectivity index (χ3n) is 4.61. The van der Waals surface area contributed by atoms with Gasteiger partial charge in [-0.1, -0.05) is 46.7 Å². The fraction of sp³-hybridized carbons (Fsp3) is 0.227. The molecule has 0 atom stereocenters. The maximum atomic E-state index is 12.9. The van der Waals surface area contributed by atoms with E-state index in [1.165, 1.54) is 11.8 Å². The van der Waals surface area contributed by atoms with Gasteiger partial charge in [0.1, 0.15) is 10.7 Å². The number of ketones is 1. The number of anilines is 3. The van der Waals surface area contributed by atoms with Gasteiger partial charge >= 0.3 is 0 Å². The zero-order valence-corrected chi connectivity index (χ0v) is 20.7. The number of hydrogen-bond acceptors (Lipinski definition) is 7. The lowest BCUT2D eigenvalue weighted by Gasteiger charge is -2.18. The van der Waals surface area contributed by atoms with Gasteiger partial charge in [-0.05, 0) is 44.2 Å². The maximum Gasteiger partial charge on any atom is 0.232 e. The first-order valence-electron chi connectivity index (χ1n) is 9.86. The van der Waals surface area contributed by atoms with Crippen LogP contribution in [0, 0.1) is 0 Å². The molecule has 0 aliphatic carbocycles. The van der Waals surface area contributed by atoms with Gasteiger partial charge in [-0.25, -0.2) is 4.98 Å². The quantitative estimate of drug-likeness (QED) is 0.273. The van der Waals surface area contributed by atoms with E-state index in [0.29, 0.717) is 24.0 Å². The van der Waals surface area contributed by atoms with Gasteiger partial charge in [0.15, 0.2) is 5.13 Å². The second-order valence-corrected chi connectivity index (χ2v) is 9.53. The van der Waals surface area contributed by atoms with Crippen LogP contribution < -0.4 is 11.1 Å². The summed E-state index contributed by atoms with van der Waals surface area (Å²) in [6.45, 7) is 5.33. The molecule has 3 N–H and O–H groups in total. The van der Waals surface area contributed by atoms with Crippen molar-refractivity contribution >= 4 is 74.6 Å². The molecule has 0 fully saturated rings. The van der Waals surface area contributed by atoms with Crippen molar-refractivity contribution in [2.45, 2.75) is 18.7 Å². The number of rotatable bonds is 9. The first kappa shape index (κ1) is 24.4. The standard InChI is InChI=1S/C22H22Cl2N4O2S2/c1-3-28(4-2)17(29)12-31-14-8-5-7-13(11-14)26-22-27-21(25)20(32-22)19(30)18-15(23)9-6-10-16(18)24/h5-11H,3-4,12,25H2,1-2H3,(H,26,27). The van der Waals surface area contributed by atoms with Crippen LogP contribution in [0.15, 0.2) is 47.4 Å². The highest BCUT2D eigenvalue weighted by Crippen LogP contribution is 2.34. The topological polar surface area (TPSA) is 88.3 Å². The highest BCUT2D eigenvalue weighted by molar-refractivity contribution is 8.00. The van der Waals surface area contributed by atoms with Gasteiger partial charge in [0.05, 0.1) is 21.4 Å². The van der Waals surface area contributed by atoms with Crippen LogP contribution in [-0.4, -0.2) is 40.4 Å². The molecule has 1 aromatic heterocycles. The van der Waals surface area contributed by atoms with Crippen LogP contribution in [0.1, 0.15) is 29.1 Å². The van der Waals surface area contributed by atoms with Crippen LogP contribution in [-0.2, 0) is 4.79 Å². The number of hydrogen-bond donors (Lipinski definition) is 2. The number of amides is 1. The number of nitrogens with zero attached hydrogens (tertiary/aromatic N) is 2. The van der Waals surface area contributed by atoms with Crippen LogP contribution >= 0.6 is 46.3 Å². The molecule has 0 radical (unpaired) electrons. The van der Waals surface area contributed by atoms with E-state index in [2.05, 4.69) is 10.3 Å². The molecule has 1 amide bonds. The molecule has 0 bridgehead atoms. The molecule has 0 saturated heterocycles. The zero-order valence-electron chi connectivity index (χ0n) is 17.5. The molecule has 3 aromatic rings. The van der Waals surface area contributed by atoms with Gasteiger partial charge in [-0.15, -0.1) is 11.8 Å². The van der Waals surface area contributed by atoms with E-state index in [-0.39, 0.29) is 38.0 Å². The number of halogens is 2. The summed E-state index contributed by atoms with van der Waals surface area (Å²) in [7, 11) is 0. The molecule has 32 heavy (non-hydrogen) atoms. The minimum atomic E-state index is -0.372. The van der Waals surface area contributed by atoms with Gasteiger partial charge < -0.3 is 16.0 Å². The first-order valence-corrected chi connectivity index (χ1v) is 12.4. The van der Waals surface area contributed by atoms with Crippen LogP contribution in [0.25, 0.3) is 0 Å². The molecule has 3 rings (SSSR count). The third kappa shape index (κ3) is 5.75. The highest BCUT2D eigenvalue weighted by atomic mass is 35.5. The summed E-state index contributed by atoms with van der Waals surface area (Å²) in [4.78, 5) is 32.5. The van der Waals surface area contributed by atoms with Gasteiger partial charge in [-0.2, -0.15) is 0 Å². The summed E-state index contributed by atoms with van der Waals surface area (Å²) < 4.78 is 0. The number of benzene rings is 2. The fourth-order valence-electron chi connectivity index (χ4n) is 2.98. The molecule has 0 aliphatic rings. The number of nitrogen functional groups attached to an aromatic ring is 1. The van der Waals surface area contributed by atoms with Crippen molar-refractivity contribution in [3.63, 3.8) is 0 Å². The molecule has 0 saturated carbocycles. The van der Waals surface area contributed by atoms with E-state index in [0.717, 1.165) is 21.9 Å². The number of nitrogens with one attached hydrogen (secondary N) is 1. The minimum absolute atomic E-state index is 0.104. The molecule has 168 valence electrons. The van der Waals surface area contributed by atoms with Crippen molar-refractivity contribution in [3.8, 4) is 0 Å². The molecule has 0 aliphatic heterocycles. The van der Waals surface area contributed by atoms with Crippen molar-refractivity contribution in [1.29, 1.82) is 0 Å².